The van der Waals surface area contributed by atoms with Gasteiger partial charge in [0.15, 0.2) is 0 Å². The number of nitrogens with one attached hydrogen (secondary N) is 1. The molecule has 0 radical (unpaired) electrons. The van der Waals surface area contributed by atoms with Gasteiger partial charge < -0.3 is 24.1 Å². The van der Waals surface area contributed by atoms with Gasteiger partial charge in [0.2, 0.25) is 0 Å². The molecule has 0 aliphatic carbocycles. The van der Waals surface area contributed by atoms with Crippen LogP contribution in [0.3, 0.4) is 0 Å². The Morgan fingerprint density at radius 3 is 2.60 bits per heavy atom. The smallest absolute Gasteiger partial charge is 0.121 e. The number of ether oxygens (including phenoxy) is 3. The van der Waals surface area contributed by atoms with Crippen LogP contribution in [-0.4, -0.2) is 61.4 Å². The highest BCUT2D eigenvalue weighted by molar-refractivity contribution is 5.75. The lowest BCUT2D eigenvalue weighted by Gasteiger charge is -2.27. The molecule has 1 fully saturated rings. The number of morpholine rings is 1. The van der Waals surface area contributed by atoms with Gasteiger partial charge in [-0.3, -0.25) is 4.90 Å². The monoisotopic (exact) mass is 472 g/mol. The highest BCUT2D eigenvalue weighted by Crippen LogP contribution is 2.26. The molecular formula is C28H32N4O3. The van der Waals surface area contributed by atoms with E-state index >= 15 is 0 Å². The van der Waals surface area contributed by atoms with Crippen LogP contribution in [0.15, 0.2) is 73.1 Å². The zero-order valence-corrected chi connectivity index (χ0v) is 20.2. The molecule has 1 saturated heterocycles. The van der Waals surface area contributed by atoms with Crippen molar-refractivity contribution in [3.8, 4) is 11.5 Å². The van der Waals surface area contributed by atoms with Crippen LogP contribution in [0.25, 0.3) is 11.0 Å². The van der Waals surface area contributed by atoms with E-state index in [2.05, 4.69) is 68.3 Å². The minimum Gasteiger partial charge on any atom is -0.497 e. The van der Waals surface area contributed by atoms with E-state index < -0.39 is 0 Å². The molecule has 0 atom stereocenters. The van der Waals surface area contributed by atoms with Gasteiger partial charge in [0, 0.05) is 44.5 Å². The lowest BCUT2D eigenvalue weighted by Crippen LogP contribution is -2.38. The lowest BCUT2D eigenvalue weighted by molar-refractivity contribution is 0.0322. The zero-order valence-electron chi connectivity index (χ0n) is 20.2. The summed E-state index contributed by atoms with van der Waals surface area (Å²) in [5.41, 5.74) is 5.53. The van der Waals surface area contributed by atoms with Crippen molar-refractivity contribution in [2.75, 3.05) is 51.5 Å². The third-order valence-corrected chi connectivity index (χ3v) is 6.33. The number of aromatic nitrogens is 2. The average molecular weight is 473 g/mol. The number of anilines is 1. The summed E-state index contributed by atoms with van der Waals surface area (Å²) in [5.74, 6) is 1.75. The second-order valence-electron chi connectivity index (χ2n) is 8.76. The first kappa shape index (κ1) is 23.2. The Morgan fingerprint density at radius 1 is 0.943 bits per heavy atom. The van der Waals surface area contributed by atoms with Crippen molar-refractivity contribution >= 4 is 16.7 Å². The minimum atomic E-state index is 0.663. The first-order chi connectivity index (χ1) is 17.3. The van der Waals surface area contributed by atoms with Gasteiger partial charge in [-0.05, 0) is 47.5 Å². The van der Waals surface area contributed by atoms with E-state index in [9.17, 15) is 0 Å². The maximum Gasteiger partial charge on any atom is 0.121 e. The van der Waals surface area contributed by atoms with E-state index in [1.165, 1.54) is 11.1 Å². The van der Waals surface area contributed by atoms with Crippen LogP contribution >= 0.6 is 0 Å². The highest BCUT2D eigenvalue weighted by Gasteiger charge is 2.13. The molecule has 1 aliphatic heterocycles. The van der Waals surface area contributed by atoms with E-state index in [0.29, 0.717) is 6.61 Å². The summed E-state index contributed by atoms with van der Waals surface area (Å²) in [6.07, 6.45) is 1.74. The summed E-state index contributed by atoms with van der Waals surface area (Å²) >= 11 is 0. The molecule has 1 N–H and O–H groups in total. The number of H-pyrrole nitrogens is 1. The largest absolute Gasteiger partial charge is 0.497 e. The molecule has 0 bridgehead atoms. The van der Waals surface area contributed by atoms with E-state index in [4.69, 9.17) is 14.2 Å². The molecule has 1 aliphatic rings. The molecule has 0 saturated carbocycles. The molecule has 0 amide bonds. The molecule has 4 aromatic rings. The topological polar surface area (TPSA) is 62.8 Å². The number of imidazole rings is 1. The SMILES string of the molecule is COc1cccc(CN(Cc2ccc3nc[nH]c3c2)c2cccc(OCCN3CCOCC3)c2)c1. The predicted molar refractivity (Wildman–Crippen MR) is 138 cm³/mol. The predicted octanol–water partition coefficient (Wildman–Crippen LogP) is 4.49. The Labute approximate surface area is 206 Å². The van der Waals surface area contributed by atoms with Crippen LogP contribution in [0.2, 0.25) is 0 Å². The van der Waals surface area contributed by atoms with E-state index in [-0.39, 0.29) is 0 Å². The quantitative estimate of drug-likeness (QED) is 0.367. The Kier molecular flexibility index (Phi) is 7.46. The van der Waals surface area contributed by atoms with Crippen molar-refractivity contribution in [3.05, 3.63) is 84.2 Å². The highest BCUT2D eigenvalue weighted by atomic mass is 16.5. The molecule has 5 rings (SSSR count). The second kappa shape index (κ2) is 11.3. The van der Waals surface area contributed by atoms with Gasteiger partial charge in [-0.15, -0.1) is 0 Å². The van der Waals surface area contributed by atoms with Crippen LogP contribution in [0.1, 0.15) is 11.1 Å². The Balaban J connectivity index is 1.34. The molecule has 2 heterocycles. The number of fused-ring (bicyclic) bond motifs is 1. The van der Waals surface area contributed by atoms with Crippen molar-refractivity contribution in [1.29, 1.82) is 0 Å². The Hall–Kier alpha value is -3.55. The van der Waals surface area contributed by atoms with Crippen LogP contribution in [0.4, 0.5) is 5.69 Å². The average Bonchev–Trinajstić information content (AvgIpc) is 3.37. The molecule has 0 unspecified atom stereocenters. The van der Waals surface area contributed by atoms with Gasteiger partial charge in [-0.25, -0.2) is 4.98 Å². The van der Waals surface area contributed by atoms with Crippen LogP contribution in [0.5, 0.6) is 11.5 Å². The number of rotatable bonds is 10. The summed E-state index contributed by atoms with van der Waals surface area (Å²) in [4.78, 5) is 12.3. The molecule has 7 heteroatoms. The summed E-state index contributed by atoms with van der Waals surface area (Å²) in [7, 11) is 1.70. The number of methoxy groups -OCH3 is 1. The van der Waals surface area contributed by atoms with E-state index in [1.54, 1.807) is 13.4 Å². The number of aromatic amines is 1. The summed E-state index contributed by atoms with van der Waals surface area (Å²) in [6.45, 7) is 6.62. The van der Waals surface area contributed by atoms with Crippen LogP contribution in [0, 0.1) is 0 Å². The third kappa shape index (κ3) is 6.12. The molecule has 35 heavy (non-hydrogen) atoms. The van der Waals surface area contributed by atoms with Gasteiger partial charge >= 0.3 is 0 Å². The number of nitrogens with zero attached hydrogens (tertiary/aromatic N) is 3. The zero-order chi connectivity index (χ0) is 23.9. The lowest BCUT2D eigenvalue weighted by atomic mass is 10.1. The molecule has 7 nitrogen and oxygen atoms in total. The first-order valence-corrected chi connectivity index (χ1v) is 12.1. The van der Waals surface area contributed by atoms with Crippen LogP contribution in [-0.2, 0) is 17.8 Å². The molecule has 0 spiro atoms. The number of benzene rings is 3. The standard InChI is InChI=1S/C28H32N4O3/c1-33-25-6-2-4-22(16-25)19-32(20-23-8-9-27-28(17-23)30-21-29-27)24-5-3-7-26(18-24)35-15-12-31-10-13-34-14-11-31/h2-9,16-18,21H,10-15,19-20H2,1H3,(H,29,30). The number of hydrogen-bond donors (Lipinski definition) is 1. The van der Waals surface area contributed by atoms with Gasteiger partial charge in [-0.1, -0.05) is 24.3 Å². The van der Waals surface area contributed by atoms with Gasteiger partial charge in [0.1, 0.15) is 18.1 Å². The Bertz CT molecular complexity index is 1240. The summed E-state index contributed by atoms with van der Waals surface area (Å²) < 4.78 is 17.0. The second-order valence-corrected chi connectivity index (χ2v) is 8.76. The fourth-order valence-electron chi connectivity index (χ4n) is 4.42. The van der Waals surface area contributed by atoms with Gasteiger partial charge in [0.25, 0.3) is 0 Å². The van der Waals surface area contributed by atoms with Gasteiger partial charge in [-0.2, -0.15) is 0 Å². The van der Waals surface area contributed by atoms with Crippen molar-refractivity contribution in [2.45, 2.75) is 13.1 Å². The van der Waals surface area contributed by atoms with Crippen molar-refractivity contribution in [2.24, 2.45) is 0 Å². The summed E-state index contributed by atoms with van der Waals surface area (Å²) in [6, 6.07) is 23.0. The normalized spacial score (nSPS) is 14.2. The first-order valence-electron chi connectivity index (χ1n) is 12.1. The van der Waals surface area contributed by atoms with Gasteiger partial charge in [0.05, 0.1) is 37.7 Å². The molecule has 1 aromatic heterocycles. The Morgan fingerprint density at radius 2 is 1.74 bits per heavy atom. The van der Waals surface area contributed by atoms with E-state index in [1.807, 2.05) is 18.2 Å². The van der Waals surface area contributed by atoms with Crippen LogP contribution < -0.4 is 14.4 Å². The molecule has 3 aromatic carbocycles. The maximum atomic E-state index is 6.14. The number of hydrogen-bond acceptors (Lipinski definition) is 6. The van der Waals surface area contributed by atoms with Crippen molar-refractivity contribution < 1.29 is 14.2 Å². The summed E-state index contributed by atoms with van der Waals surface area (Å²) in [5, 5.41) is 0. The third-order valence-electron chi connectivity index (χ3n) is 6.33. The maximum absolute atomic E-state index is 6.14. The fourth-order valence-corrected chi connectivity index (χ4v) is 4.42. The molecule has 182 valence electrons. The van der Waals surface area contributed by atoms with Crippen molar-refractivity contribution in [1.82, 2.24) is 14.9 Å². The van der Waals surface area contributed by atoms with Crippen molar-refractivity contribution in [3.63, 3.8) is 0 Å². The minimum absolute atomic E-state index is 0.663. The molecular weight excluding hydrogens is 440 g/mol. The van der Waals surface area contributed by atoms with E-state index in [0.717, 1.165) is 74.2 Å². The fraction of sp³-hybridized carbons (Fsp3) is 0.321.